The molecule has 0 spiro atoms. The first-order chi connectivity index (χ1) is 11.2. The monoisotopic (exact) mass is 313 g/mol. The van der Waals surface area contributed by atoms with Crippen LogP contribution in [0.5, 0.6) is 0 Å². The fraction of sp³-hybridized carbons (Fsp3) is 0.600. The molecule has 1 aliphatic heterocycles. The molecule has 0 N–H and O–H groups in total. The van der Waals surface area contributed by atoms with Gasteiger partial charge in [0.15, 0.2) is 5.78 Å². The molecule has 124 valence electrons. The third-order valence-electron chi connectivity index (χ3n) is 5.52. The van der Waals surface area contributed by atoms with Crippen LogP contribution in [0.25, 0.3) is 0 Å². The van der Waals surface area contributed by atoms with Crippen molar-refractivity contribution >= 4 is 11.7 Å². The number of hydrogen-bond acceptors (Lipinski definition) is 2. The van der Waals surface area contributed by atoms with Gasteiger partial charge in [-0.05, 0) is 25.2 Å². The third kappa shape index (κ3) is 4.21. The van der Waals surface area contributed by atoms with Gasteiger partial charge in [0.05, 0.1) is 0 Å². The molecule has 0 atom stereocenters. The van der Waals surface area contributed by atoms with Crippen LogP contribution in [0.15, 0.2) is 30.3 Å². The number of amides is 1. The molecule has 2 fully saturated rings. The number of carbonyl (C=O) groups is 2. The second-order valence-corrected chi connectivity index (χ2v) is 7.07. The lowest BCUT2D eigenvalue weighted by molar-refractivity contribution is -0.132. The average Bonchev–Trinajstić information content (AvgIpc) is 3.13. The number of hydrogen-bond donors (Lipinski definition) is 0. The fourth-order valence-electron chi connectivity index (χ4n) is 4.01. The number of piperidine rings is 1. The number of nitrogens with zero attached hydrogens (tertiary/aromatic N) is 1. The Morgan fingerprint density at radius 1 is 0.957 bits per heavy atom. The third-order valence-corrected chi connectivity index (χ3v) is 5.52. The Balaban J connectivity index is 1.44. The van der Waals surface area contributed by atoms with Crippen LogP contribution in [0.3, 0.4) is 0 Å². The van der Waals surface area contributed by atoms with E-state index in [-0.39, 0.29) is 11.7 Å². The minimum atomic E-state index is 0.0799. The zero-order valence-corrected chi connectivity index (χ0v) is 13.9. The van der Waals surface area contributed by atoms with Gasteiger partial charge in [0, 0.05) is 31.0 Å². The number of benzene rings is 1. The van der Waals surface area contributed by atoms with Crippen molar-refractivity contribution in [1.29, 1.82) is 0 Å². The van der Waals surface area contributed by atoms with Gasteiger partial charge in [0.1, 0.15) is 0 Å². The van der Waals surface area contributed by atoms with Crippen LogP contribution < -0.4 is 0 Å². The standard InChI is InChI=1S/C20H27NO2/c22-19(11-10-16-6-4-5-7-16)21-14-12-18(13-15-21)20(23)17-8-2-1-3-9-17/h1-3,8-9,16,18H,4-7,10-15H2. The van der Waals surface area contributed by atoms with Crippen molar-refractivity contribution in [2.24, 2.45) is 11.8 Å². The van der Waals surface area contributed by atoms with Crippen molar-refractivity contribution in [3.63, 3.8) is 0 Å². The topological polar surface area (TPSA) is 37.4 Å². The summed E-state index contributed by atoms with van der Waals surface area (Å²) < 4.78 is 0. The second kappa shape index (κ2) is 7.76. The van der Waals surface area contributed by atoms with Gasteiger partial charge in [-0.15, -0.1) is 0 Å². The summed E-state index contributed by atoms with van der Waals surface area (Å²) in [7, 11) is 0. The maximum Gasteiger partial charge on any atom is 0.222 e. The number of Topliss-reactive ketones (excluding diaryl/α,β-unsaturated/α-hetero) is 1. The first kappa shape index (κ1) is 16.2. The largest absolute Gasteiger partial charge is 0.343 e. The van der Waals surface area contributed by atoms with Crippen LogP contribution in [0, 0.1) is 11.8 Å². The molecule has 3 nitrogen and oxygen atoms in total. The van der Waals surface area contributed by atoms with E-state index < -0.39 is 0 Å². The number of ketones is 1. The molecule has 0 radical (unpaired) electrons. The Morgan fingerprint density at radius 2 is 1.61 bits per heavy atom. The number of rotatable bonds is 5. The van der Waals surface area contributed by atoms with E-state index in [2.05, 4.69) is 0 Å². The highest BCUT2D eigenvalue weighted by atomic mass is 16.2. The van der Waals surface area contributed by atoms with Crippen LogP contribution in [-0.2, 0) is 4.79 Å². The zero-order chi connectivity index (χ0) is 16.1. The van der Waals surface area contributed by atoms with E-state index in [1.54, 1.807) is 0 Å². The fourth-order valence-corrected chi connectivity index (χ4v) is 4.01. The van der Waals surface area contributed by atoms with Crippen LogP contribution in [0.2, 0.25) is 0 Å². The molecule has 1 saturated carbocycles. The van der Waals surface area contributed by atoms with Crippen LogP contribution in [0.1, 0.15) is 61.7 Å². The van der Waals surface area contributed by atoms with Gasteiger partial charge in [-0.3, -0.25) is 9.59 Å². The molecule has 0 aromatic heterocycles. The van der Waals surface area contributed by atoms with Crippen LogP contribution in [-0.4, -0.2) is 29.7 Å². The average molecular weight is 313 g/mol. The lowest BCUT2D eigenvalue weighted by Gasteiger charge is -2.31. The summed E-state index contributed by atoms with van der Waals surface area (Å²) in [6, 6.07) is 9.54. The first-order valence-corrected chi connectivity index (χ1v) is 9.11. The van der Waals surface area contributed by atoms with Crippen molar-refractivity contribution < 1.29 is 9.59 Å². The van der Waals surface area contributed by atoms with Gasteiger partial charge in [-0.25, -0.2) is 0 Å². The predicted octanol–water partition coefficient (Wildman–Crippen LogP) is 4.08. The Labute approximate surface area is 139 Å². The van der Waals surface area contributed by atoms with Crippen molar-refractivity contribution in [2.45, 2.75) is 51.4 Å². The van der Waals surface area contributed by atoms with Gasteiger partial charge in [-0.2, -0.15) is 0 Å². The van der Waals surface area contributed by atoms with E-state index in [1.807, 2.05) is 35.2 Å². The maximum atomic E-state index is 12.5. The molecule has 23 heavy (non-hydrogen) atoms. The molecule has 0 bridgehead atoms. The molecule has 1 aliphatic carbocycles. The van der Waals surface area contributed by atoms with Crippen molar-refractivity contribution in [3.05, 3.63) is 35.9 Å². The van der Waals surface area contributed by atoms with E-state index in [0.29, 0.717) is 12.3 Å². The van der Waals surface area contributed by atoms with Gasteiger partial charge in [-0.1, -0.05) is 56.0 Å². The zero-order valence-electron chi connectivity index (χ0n) is 13.9. The second-order valence-electron chi connectivity index (χ2n) is 7.07. The van der Waals surface area contributed by atoms with Gasteiger partial charge in [0.2, 0.25) is 5.91 Å². The molecule has 1 aromatic carbocycles. The molecule has 0 unspecified atom stereocenters. The first-order valence-electron chi connectivity index (χ1n) is 9.11. The van der Waals surface area contributed by atoms with Gasteiger partial charge >= 0.3 is 0 Å². The smallest absolute Gasteiger partial charge is 0.222 e. The number of likely N-dealkylation sites (tertiary alicyclic amines) is 1. The van der Waals surface area contributed by atoms with E-state index in [9.17, 15) is 9.59 Å². The van der Waals surface area contributed by atoms with Crippen LogP contribution >= 0.6 is 0 Å². The van der Waals surface area contributed by atoms with Crippen molar-refractivity contribution in [1.82, 2.24) is 4.90 Å². The van der Waals surface area contributed by atoms with E-state index >= 15 is 0 Å². The summed E-state index contributed by atoms with van der Waals surface area (Å²) in [6.07, 6.45) is 8.66. The Hall–Kier alpha value is -1.64. The summed E-state index contributed by atoms with van der Waals surface area (Å²) in [5, 5.41) is 0. The van der Waals surface area contributed by atoms with Gasteiger partial charge < -0.3 is 4.90 Å². The molecule has 1 saturated heterocycles. The van der Waals surface area contributed by atoms with Crippen molar-refractivity contribution in [3.8, 4) is 0 Å². The molecule has 1 aromatic rings. The van der Waals surface area contributed by atoms with Crippen molar-refractivity contribution in [2.75, 3.05) is 13.1 Å². The molecule has 2 aliphatic rings. The Morgan fingerprint density at radius 3 is 2.26 bits per heavy atom. The highest BCUT2D eigenvalue weighted by Crippen LogP contribution is 2.29. The molecular weight excluding hydrogens is 286 g/mol. The predicted molar refractivity (Wildman–Crippen MR) is 91.3 cm³/mol. The quantitative estimate of drug-likeness (QED) is 0.768. The summed E-state index contributed by atoms with van der Waals surface area (Å²) in [5.74, 6) is 1.39. The lowest BCUT2D eigenvalue weighted by atomic mass is 9.88. The molecule has 3 rings (SSSR count). The number of carbonyl (C=O) groups excluding carboxylic acids is 2. The summed E-state index contributed by atoms with van der Waals surface area (Å²) in [4.78, 5) is 26.8. The Bertz CT molecular complexity index is 526. The Kier molecular flexibility index (Phi) is 5.47. The molecule has 1 amide bonds. The maximum absolute atomic E-state index is 12.5. The highest BCUT2D eigenvalue weighted by molar-refractivity contribution is 5.98. The minimum Gasteiger partial charge on any atom is -0.343 e. The minimum absolute atomic E-state index is 0.0799. The normalized spacial score (nSPS) is 19.9. The molecule has 3 heteroatoms. The summed E-state index contributed by atoms with van der Waals surface area (Å²) >= 11 is 0. The summed E-state index contributed by atoms with van der Waals surface area (Å²) in [5.41, 5.74) is 0.804. The SMILES string of the molecule is O=C(c1ccccc1)C1CCN(C(=O)CCC2CCCC2)CC1. The lowest BCUT2D eigenvalue weighted by Crippen LogP contribution is -2.40. The highest BCUT2D eigenvalue weighted by Gasteiger charge is 2.28. The molecular formula is C20H27NO2. The van der Waals surface area contributed by atoms with Gasteiger partial charge in [0.25, 0.3) is 0 Å². The van der Waals surface area contributed by atoms with E-state index in [0.717, 1.165) is 43.8 Å². The van der Waals surface area contributed by atoms with Crippen LogP contribution in [0.4, 0.5) is 0 Å². The summed E-state index contributed by atoms with van der Waals surface area (Å²) in [6.45, 7) is 1.49. The van der Waals surface area contributed by atoms with E-state index in [4.69, 9.17) is 0 Å². The molecule has 1 heterocycles. The van der Waals surface area contributed by atoms with E-state index in [1.165, 1.54) is 25.7 Å².